The van der Waals surface area contributed by atoms with Gasteiger partial charge in [-0.15, -0.1) is 0 Å². The minimum atomic E-state index is 0.193. The predicted molar refractivity (Wildman–Crippen MR) is 84.1 cm³/mol. The molecule has 0 spiro atoms. The molecule has 2 rings (SSSR count). The first kappa shape index (κ1) is 15.9. The fraction of sp³-hybridized carbons (Fsp3) is 0.625. The third kappa shape index (κ3) is 5.44. The molecule has 0 atom stereocenters. The second-order valence-electron chi connectivity index (χ2n) is 5.90. The van der Waals surface area contributed by atoms with Crippen LogP contribution in [0, 0.1) is 0 Å². The van der Waals surface area contributed by atoms with Crippen molar-refractivity contribution in [2.45, 2.75) is 25.3 Å². The van der Waals surface area contributed by atoms with Crippen LogP contribution in [0.5, 0.6) is 0 Å². The van der Waals surface area contributed by atoms with E-state index in [1.165, 1.54) is 5.56 Å². The van der Waals surface area contributed by atoms with E-state index in [1.807, 2.05) is 32.6 Å². The maximum absolute atomic E-state index is 11.7. The lowest BCUT2D eigenvalue weighted by atomic mass is 10.0. The molecule has 1 saturated heterocycles. The summed E-state index contributed by atoms with van der Waals surface area (Å²) >= 11 is 0. The van der Waals surface area contributed by atoms with Gasteiger partial charge in [-0.1, -0.05) is 6.07 Å². The van der Waals surface area contributed by atoms with E-state index in [1.54, 1.807) is 4.90 Å². The second kappa shape index (κ2) is 8.10. The summed E-state index contributed by atoms with van der Waals surface area (Å²) < 4.78 is 0. The van der Waals surface area contributed by atoms with E-state index in [4.69, 9.17) is 0 Å². The molecule has 21 heavy (non-hydrogen) atoms. The molecule has 116 valence electrons. The Bertz CT molecular complexity index is 427. The van der Waals surface area contributed by atoms with Crippen molar-refractivity contribution in [1.29, 1.82) is 0 Å². The fourth-order valence-corrected chi connectivity index (χ4v) is 2.59. The van der Waals surface area contributed by atoms with Crippen molar-refractivity contribution in [1.82, 2.24) is 20.1 Å². The highest BCUT2D eigenvalue weighted by atomic mass is 16.2. The molecular formula is C16H26N4O. The minimum absolute atomic E-state index is 0.193. The Morgan fingerprint density at radius 1 is 1.43 bits per heavy atom. The number of amides is 1. The van der Waals surface area contributed by atoms with Gasteiger partial charge in [0, 0.05) is 45.6 Å². The van der Waals surface area contributed by atoms with Crippen LogP contribution in [0.25, 0.3) is 0 Å². The van der Waals surface area contributed by atoms with Crippen molar-refractivity contribution in [2.75, 3.05) is 40.3 Å². The summed E-state index contributed by atoms with van der Waals surface area (Å²) in [7, 11) is 3.63. The topological polar surface area (TPSA) is 48.5 Å². The van der Waals surface area contributed by atoms with Gasteiger partial charge < -0.3 is 10.2 Å². The number of rotatable bonds is 6. The molecule has 1 N–H and O–H groups in total. The van der Waals surface area contributed by atoms with Crippen LogP contribution < -0.4 is 5.32 Å². The fourth-order valence-electron chi connectivity index (χ4n) is 2.59. The second-order valence-corrected chi connectivity index (χ2v) is 5.90. The maximum atomic E-state index is 11.7. The molecule has 0 unspecified atom stereocenters. The molecule has 1 amide bonds. The molecule has 1 aliphatic rings. The summed E-state index contributed by atoms with van der Waals surface area (Å²) in [6.45, 7) is 3.55. The molecule has 1 fully saturated rings. The molecule has 0 aliphatic carbocycles. The van der Waals surface area contributed by atoms with E-state index in [-0.39, 0.29) is 5.91 Å². The number of piperidine rings is 1. The molecular weight excluding hydrogens is 264 g/mol. The summed E-state index contributed by atoms with van der Waals surface area (Å²) in [5.74, 6) is 0.193. The van der Waals surface area contributed by atoms with Gasteiger partial charge in [0.2, 0.25) is 5.91 Å². The van der Waals surface area contributed by atoms with Gasteiger partial charge in [-0.05, 0) is 37.4 Å². The van der Waals surface area contributed by atoms with Gasteiger partial charge in [0.25, 0.3) is 0 Å². The van der Waals surface area contributed by atoms with Gasteiger partial charge >= 0.3 is 0 Å². The Labute approximate surface area is 127 Å². The Morgan fingerprint density at radius 2 is 2.19 bits per heavy atom. The first-order valence-electron chi connectivity index (χ1n) is 7.70. The lowest BCUT2D eigenvalue weighted by Crippen LogP contribution is -2.46. The summed E-state index contributed by atoms with van der Waals surface area (Å²) in [6.07, 6.45) is 6.99. The van der Waals surface area contributed by atoms with Crippen LogP contribution in [0.1, 0.15) is 18.4 Å². The van der Waals surface area contributed by atoms with E-state index < -0.39 is 0 Å². The number of nitrogens with zero attached hydrogens (tertiary/aromatic N) is 3. The van der Waals surface area contributed by atoms with Crippen molar-refractivity contribution in [3.05, 3.63) is 30.1 Å². The van der Waals surface area contributed by atoms with Crippen molar-refractivity contribution < 1.29 is 4.79 Å². The number of nitrogens with one attached hydrogen (secondary N) is 1. The third-order valence-corrected chi connectivity index (χ3v) is 4.01. The molecule has 1 aliphatic heterocycles. The van der Waals surface area contributed by atoms with Crippen molar-refractivity contribution >= 4 is 5.91 Å². The minimum Gasteiger partial charge on any atom is -0.348 e. The van der Waals surface area contributed by atoms with Crippen LogP contribution in [0.4, 0.5) is 0 Å². The molecule has 5 heteroatoms. The summed E-state index contributed by atoms with van der Waals surface area (Å²) in [5, 5.41) is 3.62. The summed E-state index contributed by atoms with van der Waals surface area (Å²) in [5.41, 5.74) is 1.28. The Hall–Kier alpha value is -1.46. The van der Waals surface area contributed by atoms with E-state index in [0.29, 0.717) is 12.6 Å². The lowest BCUT2D eigenvalue weighted by Gasteiger charge is -2.32. The van der Waals surface area contributed by atoms with Gasteiger partial charge in [0.05, 0.1) is 6.54 Å². The highest BCUT2D eigenvalue weighted by Crippen LogP contribution is 2.10. The number of hydrogen-bond acceptors (Lipinski definition) is 4. The molecule has 0 aromatic carbocycles. The lowest BCUT2D eigenvalue weighted by molar-refractivity contribution is -0.130. The summed E-state index contributed by atoms with van der Waals surface area (Å²) in [4.78, 5) is 19.7. The SMILES string of the molecule is CN(C)C(=O)CN1CCC(NCCc2cccnc2)CC1. The van der Waals surface area contributed by atoms with Gasteiger partial charge in [0.15, 0.2) is 0 Å². The van der Waals surface area contributed by atoms with E-state index in [9.17, 15) is 4.79 Å². The molecule has 0 bridgehead atoms. The average Bonchev–Trinajstić information content (AvgIpc) is 2.50. The average molecular weight is 290 g/mol. The zero-order valence-electron chi connectivity index (χ0n) is 13.1. The van der Waals surface area contributed by atoms with Crippen LogP contribution in [-0.4, -0.2) is 67.0 Å². The van der Waals surface area contributed by atoms with E-state index in [0.717, 1.165) is 38.9 Å². The number of pyridine rings is 1. The normalized spacial score (nSPS) is 16.9. The van der Waals surface area contributed by atoms with Crippen molar-refractivity contribution in [2.24, 2.45) is 0 Å². The van der Waals surface area contributed by atoms with Gasteiger partial charge in [-0.3, -0.25) is 14.7 Å². The van der Waals surface area contributed by atoms with Crippen molar-refractivity contribution in [3.63, 3.8) is 0 Å². The quantitative estimate of drug-likeness (QED) is 0.840. The van der Waals surface area contributed by atoms with Crippen molar-refractivity contribution in [3.8, 4) is 0 Å². The molecule has 1 aromatic heterocycles. The number of hydrogen-bond donors (Lipinski definition) is 1. The number of carbonyl (C=O) groups excluding carboxylic acids is 1. The van der Waals surface area contributed by atoms with E-state index >= 15 is 0 Å². The first-order chi connectivity index (χ1) is 10.1. The van der Waals surface area contributed by atoms with Gasteiger partial charge in [-0.25, -0.2) is 0 Å². The molecule has 0 saturated carbocycles. The maximum Gasteiger partial charge on any atom is 0.236 e. The molecule has 1 aromatic rings. The van der Waals surface area contributed by atoms with Crippen LogP contribution in [-0.2, 0) is 11.2 Å². The first-order valence-corrected chi connectivity index (χ1v) is 7.70. The molecule has 5 nitrogen and oxygen atoms in total. The predicted octanol–water partition coefficient (Wildman–Crippen LogP) is 0.766. The van der Waals surface area contributed by atoms with Crippen LogP contribution in [0.15, 0.2) is 24.5 Å². The highest BCUT2D eigenvalue weighted by Gasteiger charge is 2.20. The largest absolute Gasteiger partial charge is 0.348 e. The standard InChI is InChI=1S/C16H26N4O/c1-19(2)16(21)13-20-10-6-15(7-11-20)18-9-5-14-4-3-8-17-12-14/h3-4,8,12,15,18H,5-7,9-11,13H2,1-2H3. The Balaban J connectivity index is 1.62. The Kier molecular flexibility index (Phi) is 6.14. The third-order valence-electron chi connectivity index (χ3n) is 4.01. The monoisotopic (exact) mass is 290 g/mol. The number of likely N-dealkylation sites (tertiary alicyclic amines) is 1. The van der Waals surface area contributed by atoms with Crippen LogP contribution in [0.2, 0.25) is 0 Å². The Morgan fingerprint density at radius 3 is 2.81 bits per heavy atom. The van der Waals surface area contributed by atoms with Gasteiger partial charge in [-0.2, -0.15) is 0 Å². The van der Waals surface area contributed by atoms with Gasteiger partial charge in [0.1, 0.15) is 0 Å². The highest BCUT2D eigenvalue weighted by molar-refractivity contribution is 5.77. The van der Waals surface area contributed by atoms with Crippen LogP contribution in [0.3, 0.4) is 0 Å². The number of aromatic nitrogens is 1. The summed E-state index contributed by atoms with van der Waals surface area (Å²) in [6, 6.07) is 4.67. The van der Waals surface area contributed by atoms with Crippen LogP contribution >= 0.6 is 0 Å². The molecule has 0 radical (unpaired) electrons. The van der Waals surface area contributed by atoms with E-state index in [2.05, 4.69) is 21.3 Å². The zero-order chi connectivity index (χ0) is 15.1. The number of carbonyl (C=O) groups is 1. The molecule has 2 heterocycles. The zero-order valence-corrected chi connectivity index (χ0v) is 13.1. The smallest absolute Gasteiger partial charge is 0.236 e. The number of likely N-dealkylation sites (N-methyl/N-ethyl adjacent to an activating group) is 1.